The van der Waals surface area contributed by atoms with Crippen LogP contribution >= 0.6 is 0 Å². The van der Waals surface area contributed by atoms with Crippen molar-refractivity contribution >= 4 is 11.9 Å². The number of hydrogen-bond acceptors (Lipinski definition) is 5. The summed E-state index contributed by atoms with van der Waals surface area (Å²) in [6.45, 7) is 4.89. The lowest BCUT2D eigenvalue weighted by Gasteiger charge is -2.20. The van der Waals surface area contributed by atoms with Crippen molar-refractivity contribution in [1.29, 1.82) is 0 Å². The van der Waals surface area contributed by atoms with Gasteiger partial charge in [0.1, 0.15) is 0 Å². The summed E-state index contributed by atoms with van der Waals surface area (Å²) in [5.74, 6) is -0.101. The number of allylic oxidation sites excluding steroid dienone is 1. The Balaban J connectivity index is 3.47. The summed E-state index contributed by atoms with van der Waals surface area (Å²) in [5, 5.41) is 23.2. The third-order valence-electron chi connectivity index (χ3n) is 14.3. The van der Waals surface area contributed by atoms with Gasteiger partial charge in [-0.15, -0.1) is 0 Å². The fraction of sp³-hybridized carbons (Fsp3) is 0.934. The summed E-state index contributed by atoms with van der Waals surface area (Å²) in [5.41, 5.74) is 0. The van der Waals surface area contributed by atoms with Gasteiger partial charge in [-0.25, -0.2) is 0 Å². The number of aliphatic hydroxyl groups is 2. The van der Waals surface area contributed by atoms with E-state index in [1.54, 1.807) is 6.08 Å². The maximum atomic E-state index is 12.5. The lowest BCUT2D eigenvalue weighted by atomic mass is 10.0. The highest BCUT2D eigenvalue weighted by Gasteiger charge is 2.18. The van der Waals surface area contributed by atoms with E-state index in [4.69, 9.17) is 4.74 Å². The molecule has 3 N–H and O–H groups in total. The molecule has 2 atom stereocenters. The SMILES string of the molecule is CCCCCCCCCCCCCCCCCCCCC/C=C/C(O)C(CO)NC(=O)CCCCCCCCCCCCOC(=O)CCCCCCCCCCCCCCCCCCCCC. The predicted molar refractivity (Wildman–Crippen MR) is 292 cm³/mol. The fourth-order valence-corrected chi connectivity index (χ4v) is 9.64. The molecule has 0 spiro atoms. The largest absolute Gasteiger partial charge is 0.466 e. The first-order valence-electron chi connectivity index (χ1n) is 30.5. The van der Waals surface area contributed by atoms with Gasteiger partial charge in [0.15, 0.2) is 0 Å². The first kappa shape index (κ1) is 65.6. The van der Waals surface area contributed by atoms with Crippen molar-refractivity contribution in [2.45, 2.75) is 353 Å². The summed E-state index contributed by atoms with van der Waals surface area (Å²) in [6.07, 6.45) is 68.1. The van der Waals surface area contributed by atoms with Crippen LogP contribution in [-0.2, 0) is 14.3 Å². The number of carbonyl (C=O) groups excluding carboxylic acids is 2. The Bertz CT molecular complexity index is 1000. The van der Waals surface area contributed by atoms with Crippen molar-refractivity contribution in [1.82, 2.24) is 5.32 Å². The first-order chi connectivity index (χ1) is 33.0. The van der Waals surface area contributed by atoms with Crippen LogP contribution in [0.5, 0.6) is 0 Å². The molecule has 0 bridgehead atoms. The number of esters is 1. The molecule has 0 saturated carbocycles. The predicted octanol–water partition coefficient (Wildman–Crippen LogP) is 18.9. The summed E-state index contributed by atoms with van der Waals surface area (Å²) < 4.78 is 5.48. The molecule has 0 aliphatic carbocycles. The van der Waals surface area contributed by atoms with E-state index in [1.807, 2.05) is 6.08 Å². The second-order valence-corrected chi connectivity index (χ2v) is 21.0. The maximum Gasteiger partial charge on any atom is 0.305 e. The average Bonchev–Trinajstić information content (AvgIpc) is 3.33. The van der Waals surface area contributed by atoms with E-state index >= 15 is 0 Å². The Morgan fingerprint density at radius 3 is 1.01 bits per heavy atom. The molecule has 0 radical (unpaired) electrons. The number of rotatable bonds is 57. The van der Waals surface area contributed by atoms with E-state index in [9.17, 15) is 19.8 Å². The molecule has 0 rings (SSSR count). The number of amides is 1. The van der Waals surface area contributed by atoms with Gasteiger partial charge in [0.25, 0.3) is 0 Å². The van der Waals surface area contributed by atoms with Crippen LogP contribution in [0.15, 0.2) is 12.2 Å². The molecule has 6 heteroatoms. The molecule has 0 saturated heterocycles. The third-order valence-corrected chi connectivity index (χ3v) is 14.3. The molecule has 0 heterocycles. The minimum Gasteiger partial charge on any atom is -0.466 e. The zero-order chi connectivity index (χ0) is 48.6. The topological polar surface area (TPSA) is 95.9 Å². The monoisotopic (exact) mass is 946 g/mol. The highest BCUT2D eigenvalue weighted by Crippen LogP contribution is 2.18. The summed E-state index contributed by atoms with van der Waals surface area (Å²) in [4.78, 5) is 24.6. The Labute approximate surface area is 419 Å². The zero-order valence-corrected chi connectivity index (χ0v) is 45.4. The molecule has 1 amide bonds. The van der Waals surface area contributed by atoms with Crippen molar-refractivity contribution in [3.63, 3.8) is 0 Å². The van der Waals surface area contributed by atoms with E-state index in [-0.39, 0.29) is 18.5 Å². The molecule has 0 aliphatic rings. The van der Waals surface area contributed by atoms with Crippen LogP contribution in [0.3, 0.4) is 0 Å². The van der Waals surface area contributed by atoms with Crippen LogP contribution < -0.4 is 5.32 Å². The number of carbonyl (C=O) groups is 2. The highest BCUT2D eigenvalue weighted by atomic mass is 16.5. The second kappa shape index (κ2) is 57.2. The average molecular weight is 947 g/mol. The second-order valence-electron chi connectivity index (χ2n) is 21.0. The molecule has 0 aliphatic heterocycles. The minimum atomic E-state index is -0.859. The Morgan fingerprint density at radius 1 is 0.403 bits per heavy atom. The Hall–Kier alpha value is -1.40. The van der Waals surface area contributed by atoms with Crippen LogP contribution in [0.1, 0.15) is 341 Å². The number of unbranched alkanes of at least 4 members (excludes halogenated alkanes) is 46. The molecule has 398 valence electrons. The summed E-state index contributed by atoms with van der Waals surface area (Å²) >= 11 is 0. The van der Waals surface area contributed by atoms with Gasteiger partial charge >= 0.3 is 5.97 Å². The molecule has 0 aromatic rings. The Morgan fingerprint density at radius 2 is 0.687 bits per heavy atom. The van der Waals surface area contributed by atoms with E-state index < -0.39 is 12.1 Å². The quantitative estimate of drug-likeness (QED) is 0.0321. The molecule has 0 aromatic carbocycles. The van der Waals surface area contributed by atoms with Gasteiger partial charge in [0.05, 0.1) is 25.4 Å². The lowest BCUT2D eigenvalue weighted by Crippen LogP contribution is -2.45. The molecular formula is C61H119NO5. The molecule has 6 nitrogen and oxygen atoms in total. The van der Waals surface area contributed by atoms with Crippen LogP contribution in [0, 0.1) is 0 Å². The van der Waals surface area contributed by atoms with E-state index in [2.05, 4.69) is 19.2 Å². The van der Waals surface area contributed by atoms with Gasteiger partial charge in [0.2, 0.25) is 5.91 Å². The molecule has 67 heavy (non-hydrogen) atoms. The van der Waals surface area contributed by atoms with Crippen molar-refractivity contribution in [2.75, 3.05) is 13.2 Å². The fourth-order valence-electron chi connectivity index (χ4n) is 9.64. The van der Waals surface area contributed by atoms with Crippen LogP contribution in [0.2, 0.25) is 0 Å². The molecule has 0 fully saturated rings. The van der Waals surface area contributed by atoms with Crippen LogP contribution in [-0.4, -0.2) is 47.4 Å². The summed E-state index contributed by atoms with van der Waals surface area (Å²) in [6, 6.07) is -0.644. The number of nitrogens with one attached hydrogen (secondary N) is 1. The van der Waals surface area contributed by atoms with E-state index in [1.165, 1.54) is 257 Å². The van der Waals surface area contributed by atoms with Crippen LogP contribution in [0.25, 0.3) is 0 Å². The van der Waals surface area contributed by atoms with Gasteiger partial charge < -0.3 is 20.3 Å². The smallest absolute Gasteiger partial charge is 0.305 e. The highest BCUT2D eigenvalue weighted by molar-refractivity contribution is 5.76. The molecule has 0 aromatic heterocycles. The van der Waals surface area contributed by atoms with Crippen molar-refractivity contribution in [3.8, 4) is 0 Å². The maximum absolute atomic E-state index is 12.5. The summed E-state index contributed by atoms with van der Waals surface area (Å²) in [7, 11) is 0. The lowest BCUT2D eigenvalue weighted by molar-refractivity contribution is -0.143. The number of ether oxygens (including phenoxy) is 1. The standard InChI is InChI=1S/C61H119NO5/c1-3-5-7-9-11-13-15-17-19-21-23-24-26-27-29-31-33-37-41-45-49-53-59(64)58(57-63)62-60(65)54-50-46-42-38-35-36-40-44-48-52-56-67-61(66)55-51-47-43-39-34-32-30-28-25-22-20-18-16-14-12-10-8-6-4-2/h49,53,58-59,63-64H,3-48,50-52,54-57H2,1-2H3,(H,62,65)/b53-49+. The van der Waals surface area contributed by atoms with Crippen molar-refractivity contribution in [3.05, 3.63) is 12.2 Å². The van der Waals surface area contributed by atoms with Crippen LogP contribution in [0.4, 0.5) is 0 Å². The normalized spacial score (nSPS) is 12.6. The number of aliphatic hydroxyl groups excluding tert-OH is 2. The molecular weight excluding hydrogens is 827 g/mol. The van der Waals surface area contributed by atoms with Crippen molar-refractivity contribution < 1.29 is 24.5 Å². The zero-order valence-electron chi connectivity index (χ0n) is 45.4. The van der Waals surface area contributed by atoms with Gasteiger partial charge in [-0.1, -0.05) is 309 Å². The van der Waals surface area contributed by atoms with Gasteiger partial charge in [-0.05, 0) is 32.1 Å². The molecule has 2 unspecified atom stereocenters. The number of hydrogen-bond donors (Lipinski definition) is 3. The van der Waals surface area contributed by atoms with Gasteiger partial charge in [-0.3, -0.25) is 9.59 Å². The van der Waals surface area contributed by atoms with Crippen molar-refractivity contribution in [2.24, 2.45) is 0 Å². The van der Waals surface area contributed by atoms with Gasteiger partial charge in [-0.2, -0.15) is 0 Å². The first-order valence-corrected chi connectivity index (χ1v) is 30.5. The van der Waals surface area contributed by atoms with E-state index in [0.717, 1.165) is 57.8 Å². The third kappa shape index (κ3) is 53.8. The minimum absolute atomic E-state index is 0.0150. The van der Waals surface area contributed by atoms with E-state index in [0.29, 0.717) is 19.4 Å². The Kier molecular flexibility index (Phi) is 56.0. The van der Waals surface area contributed by atoms with Gasteiger partial charge in [0, 0.05) is 12.8 Å².